The number of ether oxygens (including phenoxy) is 3. The number of aryl methyl sites for hydroxylation is 1. The number of pyridine rings is 1. The Kier molecular flexibility index (Phi) is 6.35. The van der Waals surface area contributed by atoms with E-state index >= 15 is 0 Å². The minimum absolute atomic E-state index is 0.0293. The molecule has 2 aromatic carbocycles. The zero-order valence-corrected chi connectivity index (χ0v) is 20.6. The van der Waals surface area contributed by atoms with Gasteiger partial charge in [0.1, 0.15) is 10.8 Å². The number of nitrogens with zero attached hydrogens (tertiary/aromatic N) is 2. The Bertz CT molecular complexity index is 1670. The van der Waals surface area contributed by atoms with E-state index in [-0.39, 0.29) is 46.7 Å². The summed E-state index contributed by atoms with van der Waals surface area (Å²) in [5, 5.41) is 9.23. The maximum atomic E-state index is 13.5. The van der Waals surface area contributed by atoms with Gasteiger partial charge in [-0.25, -0.2) is 17.4 Å². The zero-order valence-electron chi connectivity index (χ0n) is 19.0. The number of carboxylic acid groups (broad SMARTS) is 1. The predicted molar refractivity (Wildman–Crippen MR) is 127 cm³/mol. The summed E-state index contributed by atoms with van der Waals surface area (Å²) in [7, 11) is -4.17. The number of carbonyl (C=O) groups is 1. The molecular formula is C24H16ClF3N2O7S. The van der Waals surface area contributed by atoms with Gasteiger partial charge in [0.05, 0.1) is 16.0 Å². The van der Waals surface area contributed by atoms with Crippen LogP contribution >= 0.6 is 11.6 Å². The Hall–Kier alpha value is -3.97. The lowest BCUT2D eigenvalue weighted by atomic mass is 10.1. The van der Waals surface area contributed by atoms with Crippen LogP contribution in [0.2, 0.25) is 5.02 Å². The largest absolute Gasteiger partial charge is 0.481 e. The standard InChI is InChI=1S/C24H16ClF3N2O7S/c25-18-7-14(24(26,27)28)10-29-23(18)37-15-2-4-16(5-3-15)38(33,34)30-11-13(1-6-22(31)32)17-8-20-21(9-19(17)30)36-12-35-20/h2-5,7-11H,1,6,12H2,(H,31,32). The van der Waals surface area contributed by atoms with E-state index in [1.54, 1.807) is 6.07 Å². The van der Waals surface area contributed by atoms with E-state index in [1.807, 2.05) is 0 Å². The van der Waals surface area contributed by atoms with Crippen LogP contribution in [0.15, 0.2) is 59.8 Å². The van der Waals surface area contributed by atoms with Gasteiger partial charge in [-0.3, -0.25) is 4.79 Å². The first-order valence-corrected chi connectivity index (χ1v) is 12.7. The molecule has 1 aliphatic rings. The van der Waals surface area contributed by atoms with Gasteiger partial charge in [0.25, 0.3) is 10.0 Å². The predicted octanol–water partition coefficient (Wildman–Crippen LogP) is 5.48. The van der Waals surface area contributed by atoms with E-state index in [2.05, 4.69) is 4.98 Å². The highest BCUT2D eigenvalue weighted by atomic mass is 35.5. The van der Waals surface area contributed by atoms with E-state index in [0.29, 0.717) is 34.7 Å². The summed E-state index contributed by atoms with van der Waals surface area (Å²) in [5.41, 5.74) is -0.275. The lowest BCUT2D eigenvalue weighted by Gasteiger charge is -2.11. The average Bonchev–Trinajstić information content (AvgIpc) is 3.46. The smallest absolute Gasteiger partial charge is 0.417 e. The maximum absolute atomic E-state index is 13.5. The van der Waals surface area contributed by atoms with Crippen molar-refractivity contribution in [1.82, 2.24) is 8.96 Å². The molecule has 38 heavy (non-hydrogen) atoms. The Labute approximate surface area is 218 Å². The fourth-order valence-corrected chi connectivity index (χ4v) is 5.44. The summed E-state index contributed by atoms with van der Waals surface area (Å²) in [5.74, 6) is -0.470. The SMILES string of the molecule is O=C(O)CCc1cn(S(=O)(=O)c2ccc(Oc3ncc(C(F)(F)F)cc3Cl)cc2)c2cc3c(cc12)OCO3. The van der Waals surface area contributed by atoms with Crippen molar-refractivity contribution < 1.29 is 45.7 Å². The van der Waals surface area contributed by atoms with Crippen molar-refractivity contribution in [3.8, 4) is 23.1 Å². The maximum Gasteiger partial charge on any atom is 0.417 e. The molecule has 9 nitrogen and oxygen atoms in total. The van der Waals surface area contributed by atoms with Crippen molar-refractivity contribution in [3.63, 3.8) is 0 Å². The molecule has 0 saturated heterocycles. The van der Waals surface area contributed by atoms with Crippen molar-refractivity contribution in [3.05, 3.63) is 71.0 Å². The lowest BCUT2D eigenvalue weighted by Crippen LogP contribution is -2.12. The molecule has 4 aromatic rings. The molecule has 5 rings (SSSR count). The molecular weight excluding hydrogens is 553 g/mol. The molecule has 0 unspecified atom stereocenters. The van der Waals surface area contributed by atoms with Crippen LogP contribution in [0.4, 0.5) is 13.2 Å². The van der Waals surface area contributed by atoms with E-state index in [4.69, 9.17) is 30.9 Å². The third-order valence-corrected chi connectivity index (χ3v) is 7.64. The first-order chi connectivity index (χ1) is 17.9. The van der Waals surface area contributed by atoms with Gasteiger partial charge >= 0.3 is 12.1 Å². The molecule has 14 heteroatoms. The van der Waals surface area contributed by atoms with Crippen molar-refractivity contribution in [1.29, 1.82) is 0 Å². The number of rotatable bonds is 7. The third kappa shape index (κ3) is 4.82. The van der Waals surface area contributed by atoms with Crippen LogP contribution in [-0.2, 0) is 27.4 Å². The van der Waals surface area contributed by atoms with Gasteiger partial charge in [-0.05, 0) is 48.4 Å². The van der Waals surface area contributed by atoms with Crippen LogP contribution in [0.5, 0.6) is 23.1 Å². The minimum atomic E-state index is -4.62. The van der Waals surface area contributed by atoms with Crippen molar-refractivity contribution in [2.75, 3.05) is 6.79 Å². The molecule has 3 heterocycles. The highest BCUT2D eigenvalue weighted by molar-refractivity contribution is 7.90. The van der Waals surface area contributed by atoms with Gasteiger partial charge < -0.3 is 19.3 Å². The second-order valence-electron chi connectivity index (χ2n) is 8.15. The minimum Gasteiger partial charge on any atom is -0.481 e. The van der Waals surface area contributed by atoms with Gasteiger partial charge in [-0.15, -0.1) is 0 Å². The monoisotopic (exact) mass is 568 g/mol. The molecule has 0 fully saturated rings. The van der Waals surface area contributed by atoms with Gasteiger partial charge in [0, 0.05) is 30.3 Å². The van der Waals surface area contributed by atoms with Crippen LogP contribution in [0, 0.1) is 0 Å². The van der Waals surface area contributed by atoms with Crippen LogP contribution < -0.4 is 14.2 Å². The Morgan fingerprint density at radius 1 is 1.13 bits per heavy atom. The normalized spacial score (nSPS) is 13.2. The van der Waals surface area contributed by atoms with E-state index in [1.165, 1.54) is 36.5 Å². The number of benzene rings is 2. The van der Waals surface area contributed by atoms with E-state index < -0.39 is 27.7 Å². The molecule has 0 atom stereocenters. The Morgan fingerprint density at radius 3 is 2.45 bits per heavy atom. The fourth-order valence-electron chi connectivity index (χ4n) is 3.85. The third-order valence-electron chi connectivity index (χ3n) is 5.69. The molecule has 198 valence electrons. The number of hydrogen-bond acceptors (Lipinski definition) is 7. The molecule has 0 aliphatic carbocycles. The number of aliphatic carboxylic acids is 1. The average molecular weight is 569 g/mol. The first kappa shape index (κ1) is 25.7. The number of aromatic nitrogens is 2. The second-order valence-corrected chi connectivity index (χ2v) is 10.4. The van der Waals surface area contributed by atoms with Crippen LogP contribution in [0.3, 0.4) is 0 Å². The van der Waals surface area contributed by atoms with Crippen LogP contribution in [-0.4, -0.2) is 35.2 Å². The molecule has 0 saturated carbocycles. The van der Waals surface area contributed by atoms with E-state index in [0.717, 1.165) is 3.97 Å². The summed E-state index contributed by atoms with van der Waals surface area (Å²) in [4.78, 5) is 14.6. The summed E-state index contributed by atoms with van der Waals surface area (Å²) in [6.45, 7) is -0.0293. The van der Waals surface area contributed by atoms with Crippen LogP contribution in [0.25, 0.3) is 10.9 Å². The number of carboxylic acids is 1. The molecule has 0 bridgehead atoms. The molecule has 1 aliphatic heterocycles. The summed E-state index contributed by atoms with van der Waals surface area (Å²) >= 11 is 5.87. The zero-order chi connectivity index (χ0) is 27.2. The topological polar surface area (TPSA) is 117 Å². The summed E-state index contributed by atoms with van der Waals surface area (Å²) in [6, 6.07) is 8.89. The van der Waals surface area contributed by atoms with Crippen LogP contribution in [0.1, 0.15) is 17.5 Å². The number of alkyl halides is 3. The second kappa shape index (κ2) is 9.40. The molecule has 0 radical (unpaired) electrons. The van der Waals surface area contributed by atoms with Crippen molar-refractivity contribution >= 4 is 38.5 Å². The number of fused-ring (bicyclic) bond motifs is 2. The number of hydrogen-bond donors (Lipinski definition) is 1. The van der Waals surface area contributed by atoms with Crippen molar-refractivity contribution in [2.45, 2.75) is 23.9 Å². The lowest BCUT2D eigenvalue weighted by molar-refractivity contribution is -0.138. The quantitative estimate of drug-likeness (QED) is 0.311. The highest BCUT2D eigenvalue weighted by Crippen LogP contribution is 2.40. The first-order valence-electron chi connectivity index (χ1n) is 10.8. The molecule has 0 amide bonds. The Morgan fingerprint density at radius 2 is 1.82 bits per heavy atom. The highest BCUT2D eigenvalue weighted by Gasteiger charge is 2.32. The fraction of sp³-hybridized carbons (Fsp3) is 0.167. The van der Waals surface area contributed by atoms with Crippen molar-refractivity contribution in [2.24, 2.45) is 0 Å². The van der Waals surface area contributed by atoms with Gasteiger partial charge in [-0.2, -0.15) is 13.2 Å². The summed E-state index contributed by atoms with van der Waals surface area (Å²) in [6.07, 6.45) is -2.82. The van der Waals surface area contributed by atoms with E-state index in [9.17, 15) is 26.4 Å². The summed E-state index contributed by atoms with van der Waals surface area (Å²) < 4.78 is 82.8. The molecule has 1 N–H and O–H groups in total. The van der Waals surface area contributed by atoms with Gasteiger partial charge in [0.15, 0.2) is 11.5 Å². The Balaban J connectivity index is 1.47. The van der Waals surface area contributed by atoms with Gasteiger partial charge in [0.2, 0.25) is 12.7 Å². The van der Waals surface area contributed by atoms with Gasteiger partial charge in [-0.1, -0.05) is 11.6 Å². The number of halogens is 4. The molecule has 0 spiro atoms. The molecule has 2 aromatic heterocycles.